The van der Waals surface area contributed by atoms with E-state index in [1.807, 2.05) is 13.1 Å². The first-order chi connectivity index (χ1) is 15.4. The van der Waals surface area contributed by atoms with Crippen LogP contribution in [0.1, 0.15) is 77.0 Å². The zero-order chi connectivity index (χ0) is 21.7. The summed E-state index contributed by atoms with van der Waals surface area (Å²) in [6, 6.07) is 1.86. The minimum Gasteiger partial charge on any atom is -0.310 e. The Kier molecular flexibility index (Phi) is 4.04. The number of nitrogens with zero attached hydrogens (tertiary/aromatic N) is 2. The third-order valence-corrected chi connectivity index (χ3v) is 10.4. The van der Waals surface area contributed by atoms with Crippen molar-refractivity contribution in [3.05, 3.63) is 6.07 Å². The van der Waals surface area contributed by atoms with Gasteiger partial charge in [0.1, 0.15) is 5.82 Å². The summed E-state index contributed by atoms with van der Waals surface area (Å²) in [6.07, 6.45) is 14.3. The second-order valence-corrected chi connectivity index (χ2v) is 12.8. The van der Waals surface area contributed by atoms with Crippen LogP contribution >= 0.6 is 0 Å². The number of carbonyl (C=O) groups excluding carboxylic acids is 2. The molecule has 2 amide bonds. The van der Waals surface area contributed by atoms with E-state index < -0.39 is 0 Å². The fraction of sp³-hybridized carbons (Fsp3) is 0.808. The predicted molar refractivity (Wildman–Crippen MR) is 122 cm³/mol. The largest absolute Gasteiger partial charge is 0.310 e. The molecule has 0 radical (unpaired) electrons. The topological polar surface area (TPSA) is 76.0 Å². The predicted octanol–water partition coefficient (Wildman–Crippen LogP) is 4.73. The van der Waals surface area contributed by atoms with Crippen molar-refractivity contribution < 1.29 is 9.59 Å². The number of anilines is 2. The van der Waals surface area contributed by atoms with Crippen LogP contribution in [-0.4, -0.2) is 21.6 Å². The zero-order valence-electron chi connectivity index (χ0n) is 19.2. The summed E-state index contributed by atoms with van der Waals surface area (Å²) in [5.41, 5.74) is -0.365. The highest BCUT2D eigenvalue weighted by Crippen LogP contribution is 2.61. The summed E-state index contributed by atoms with van der Waals surface area (Å²) in [4.78, 5) is 26.8. The summed E-state index contributed by atoms with van der Waals surface area (Å²) >= 11 is 0. The highest BCUT2D eigenvalue weighted by molar-refractivity contribution is 5.97. The average Bonchev–Trinajstić information content (AvgIpc) is 3.04. The van der Waals surface area contributed by atoms with E-state index >= 15 is 0 Å². The quantitative estimate of drug-likeness (QED) is 0.716. The molecule has 6 heteroatoms. The number of hydrogen-bond donors (Lipinski definition) is 2. The molecule has 8 saturated carbocycles. The first-order valence-electron chi connectivity index (χ1n) is 13.0. The SMILES string of the molecule is Cn1nc(NC(=O)C23CC4CC(CC(C4)C2)C3)cc1NC(=O)C12CC3CC(CC(C3)C1)C2. The molecule has 0 spiro atoms. The molecule has 0 saturated heterocycles. The van der Waals surface area contributed by atoms with Crippen LogP contribution in [0.3, 0.4) is 0 Å². The first kappa shape index (κ1) is 19.6. The van der Waals surface area contributed by atoms with E-state index in [1.165, 1.54) is 38.5 Å². The van der Waals surface area contributed by atoms with Gasteiger partial charge in [-0.05, 0) is 113 Å². The molecule has 0 aromatic carbocycles. The molecule has 8 aliphatic rings. The van der Waals surface area contributed by atoms with Gasteiger partial charge in [-0.2, -0.15) is 5.10 Å². The Hall–Kier alpha value is -1.85. The van der Waals surface area contributed by atoms with Crippen molar-refractivity contribution in [3.63, 3.8) is 0 Å². The fourth-order valence-corrected chi connectivity index (χ4v) is 9.92. The van der Waals surface area contributed by atoms with Gasteiger partial charge in [0.25, 0.3) is 0 Å². The molecule has 9 rings (SSSR count). The summed E-state index contributed by atoms with van der Waals surface area (Å²) in [5.74, 6) is 6.08. The molecule has 8 fully saturated rings. The highest BCUT2D eigenvalue weighted by atomic mass is 16.2. The van der Waals surface area contributed by atoms with E-state index in [0.717, 1.165) is 74.0 Å². The maximum absolute atomic E-state index is 13.4. The lowest BCUT2D eigenvalue weighted by atomic mass is 9.49. The molecule has 1 aromatic rings. The van der Waals surface area contributed by atoms with Gasteiger partial charge in [-0.25, -0.2) is 0 Å². The van der Waals surface area contributed by atoms with Gasteiger partial charge in [-0.15, -0.1) is 0 Å². The summed E-state index contributed by atoms with van der Waals surface area (Å²) in [6.45, 7) is 0. The Bertz CT molecular complexity index is 908. The normalized spacial score (nSPS) is 45.3. The van der Waals surface area contributed by atoms with Crippen LogP contribution in [0.25, 0.3) is 0 Å². The molecule has 1 aromatic heterocycles. The van der Waals surface area contributed by atoms with Gasteiger partial charge in [-0.1, -0.05) is 0 Å². The molecule has 32 heavy (non-hydrogen) atoms. The third-order valence-electron chi connectivity index (χ3n) is 10.4. The second kappa shape index (κ2) is 6.60. The second-order valence-electron chi connectivity index (χ2n) is 12.8. The Labute approximate surface area is 190 Å². The molecule has 8 aliphatic carbocycles. The standard InChI is InChI=1S/C26H36N4O2/c1-30-22(28-24(32)26-12-18-5-19(13-26)7-20(6-18)14-26)8-21(29-30)27-23(31)25-9-15-2-16(10-25)4-17(3-15)11-25/h8,15-20H,2-7,9-14H2,1H3,(H,28,32)(H,27,29,31). The average molecular weight is 437 g/mol. The first-order valence-corrected chi connectivity index (χ1v) is 13.0. The lowest BCUT2D eigenvalue weighted by Crippen LogP contribution is -2.51. The van der Waals surface area contributed by atoms with Crippen LogP contribution in [0.15, 0.2) is 6.07 Å². The number of amides is 2. The van der Waals surface area contributed by atoms with Crippen molar-refractivity contribution in [2.75, 3.05) is 10.6 Å². The Morgan fingerprint density at radius 2 is 1.12 bits per heavy atom. The van der Waals surface area contributed by atoms with Crippen molar-refractivity contribution in [2.45, 2.75) is 77.0 Å². The van der Waals surface area contributed by atoms with E-state index in [0.29, 0.717) is 11.6 Å². The number of aromatic nitrogens is 2. The van der Waals surface area contributed by atoms with Crippen LogP contribution in [0, 0.1) is 46.3 Å². The van der Waals surface area contributed by atoms with Gasteiger partial charge in [-0.3, -0.25) is 14.3 Å². The van der Waals surface area contributed by atoms with Gasteiger partial charge >= 0.3 is 0 Å². The molecule has 0 atom stereocenters. The molecule has 172 valence electrons. The maximum atomic E-state index is 13.4. The molecule has 0 unspecified atom stereocenters. The van der Waals surface area contributed by atoms with Crippen molar-refractivity contribution in [3.8, 4) is 0 Å². The fourth-order valence-electron chi connectivity index (χ4n) is 9.92. The minimum absolute atomic E-state index is 0.161. The van der Waals surface area contributed by atoms with Crippen molar-refractivity contribution in [1.82, 2.24) is 9.78 Å². The molecule has 2 N–H and O–H groups in total. The van der Waals surface area contributed by atoms with Crippen LogP contribution in [0.2, 0.25) is 0 Å². The van der Waals surface area contributed by atoms with E-state index in [-0.39, 0.29) is 22.6 Å². The molecule has 8 bridgehead atoms. The van der Waals surface area contributed by atoms with Crippen molar-refractivity contribution in [2.24, 2.45) is 53.4 Å². The summed E-state index contributed by atoms with van der Waals surface area (Å²) in [5, 5.41) is 10.9. The third kappa shape index (κ3) is 2.93. The Morgan fingerprint density at radius 1 is 0.750 bits per heavy atom. The molecule has 0 aliphatic heterocycles. The van der Waals surface area contributed by atoms with Crippen LogP contribution in [0.5, 0.6) is 0 Å². The van der Waals surface area contributed by atoms with E-state index in [2.05, 4.69) is 15.7 Å². The number of hydrogen-bond acceptors (Lipinski definition) is 3. The van der Waals surface area contributed by atoms with Gasteiger partial charge in [0.2, 0.25) is 11.8 Å². The van der Waals surface area contributed by atoms with E-state index in [4.69, 9.17) is 0 Å². The maximum Gasteiger partial charge on any atom is 0.231 e. The molecule has 6 nitrogen and oxygen atoms in total. The minimum atomic E-state index is -0.186. The van der Waals surface area contributed by atoms with Crippen LogP contribution in [0.4, 0.5) is 11.6 Å². The lowest BCUT2D eigenvalue weighted by Gasteiger charge is -2.55. The van der Waals surface area contributed by atoms with Crippen LogP contribution < -0.4 is 10.6 Å². The Balaban J connectivity index is 1.06. The van der Waals surface area contributed by atoms with Crippen molar-refractivity contribution in [1.29, 1.82) is 0 Å². The number of rotatable bonds is 4. The van der Waals surface area contributed by atoms with Gasteiger partial charge in [0.05, 0.1) is 10.8 Å². The van der Waals surface area contributed by atoms with E-state index in [1.54, 1.807) is 4.68 Å². The zero-order valence-corrected chi connectivity index (χ0v) is 19.2. The van der Waals surface area contributed by atoms with Gasteiger partial charge < -0.3 is 10.6 Å². The summed E-state index contributed by atoms with van der Waals surface area (Å²) < 4.78 is 1.72. The van der Waals surface area contributed by atoms with Crippen molar-refractivity contribution >= 4 is 23.5 Å². The smallest absolute Gasteiger partial charge is 0.231 e. The lowest BCUT2D eigenvalue weighted by molar-refractivity contribution is -0.141. The molecular formula is C26H36N4O2. The molecule has 1 heterocycles. The number of nitrogens with one attached hydrogen (secondary N) is 2. The van der Waals surface area contributed by atoms with Gasteiger partial charge in [0, 0.05) is 13.1 Å². The molecular weight excluding hydrogens is 400 g/mol. The highest BCUT2D eigenvalue weighted by Gasteiger charge is 2.56. The van der Waals surface area contributed by atoms with E-state index in [9.17, 15) is 9.59 Å². The number of aryl methyl sites for hydroxylation is 1. The van der Waals surface area contributed by atoms with Crippen LogP contribution in [-0.2, 0) is 16.6 Å². The Morgan fingerprint density at radius 3 is 1.53 bits per heavy atom. The number of carbonyl (C=O) groups is 2. The van der Waals surface area contributed by atoms with Gasteiger partial charge in [0.15, 0.2) is 5.82 Å². The monoisotopic (exact) mass is 436 g/mol. The summed E-state index contributed by atoms with van der Waals surface area (Å²) in [7, 11) is 1.86.